The summed E-state index contributed by atoms with van der Waals surface area (Å²) in [5, 5.41) is 23.0. The fourth-order valence-electron chi connectivity index (χ4n) is 1.93. The van der Waals surface area contributed by atoms with Gasteiger partial charge in [-0.25, -0.2) is 9.13 Å². The van der Waals surface area contributed by atoms with Crippen molar-refractivity contribution >= 4 is 12.4 Å². The molecule has 0 unspecified atom stereocenters. The smallest absolute Gasteiger partial charge is 0.178 e. The lowest BCUT2D eigenvalue weighted by Crippen LogP contribution is -2.33. The van der Waals surface area contributed by atoms with E-state index in [-0.39, 0.29) is 0 Å². The number of hydrogen-bond donors (Lipinski definition) is 2. The van der Waals surface area contributed by atoms with E-state index >= 15 is 0 Å². The Balaban J connectivity index is 1.88. The highest BCUT2D eigenvalue weighted by molar-refractivity contribution is 5.78. The second kappa shape index (κ2) is 8.31. The van der Waals surface area contributed by atoms with Crippen molar-refractivity contribution in [2.75, 3.05) is 0 Å². The van der Waals surface area contributed by atoms with Crippen LogP contribution < -0.4 is 9.13 Å². The van der Waals surface area contributed by atoms with Crippen LogP contribution in [0.1, 0.15) is 11.1 Å². The first-order valence-electron chi connectivity index (χ1n) is 6.80. The number of oxime groups is 2. The van der Waals surface area contributed by atoms with Gasteiger partial charge in [-0.15, -0.1) is 0 Å². The summed E-state index contributed by atoms with van der Waals surface area (Å²) in [6.07, 6.45) is 14.6. The van der Waals surface area contributed by atoms with Crippen molar-refractivity contribution in [3.63, 3.8) is 0 Å². The van der Waals surface area contributed by atoms with Crippen molar-refractivity contribution in [1.82, 2.24) is 0 Å². The summed E-state index contributed by atoms with van der Waals surface area (Å²) in [4.78, 5) is 0. The number of hydrogen-bond acceptors (Lipinski definition) is 4. The average Bonchev–Trinajstić information content (AvgIpc) is 2.54. The number of nitrogens with zero attached hydrogens (tertiary/aromatic N) is 4. The highest BCUT2D eigenvalue weighted by Crippen LogP contribution is 1.91. The van der Waals surface area contributed by atoms with Crippen molar-refractivity contribution in [3.05, 3.63) is 72.3 Å². The van der Waals surface area contributed by atoms with E-state index in [2.05, 4.69) is 22.5 Å². The van der Waals surface area contributed by atoms with Gasteiger partial charge in [0.15, 0.2) is 37.9 Å². The van der Waals surface area contributed by atoms with Crippen LogP contribution in [0.3, 0.4) is 0 Å². The van der Waals surface area contributed by atoms with E-state index in [0.717, 1.165) is 24.2 Å². The molecular weight excluding hydrogens is 280 g/mol. The van der Waals surface area contributed by atoms with Crippen LogP contribution in [0.4, 0.5) is 0 Å². The Kier molecular flexibility index (Phi) is 5.80. The second-order valence-corrected chi connectivity index (χ2v) is 4.62. The quantitative estimate of drug-likeness (QED) is 0.276. The Labute approximate surface area is 128 Å². The summed E-state index contributed by atoms with van der Waals surface area (Å²) in [5.74, 6) is 0. The highest BCUT2D eigenvalue weighted by Gasteiger charge is 2.00. The van der Waals surface area contributed by atoms with E-state index in [1.54, 1.807) is 0 Å². The van der Waals surface area contributed by atoms with Crippen LogP contribution in [0.5, 0.6) is 0 Å². The van der Waals surface area contributed by atoms with Crippen LogP contribution in [-0.2, 0) is 13.1 Å². The third kappa shape index (κ3) is 4.82. The van der Waals surface area contributed by atoms with Gasteiger partial charge in [0.2, 0.25) is 0 Å². The SMILES string of the molecule is ON=Cc1cc[n+](C/C=C/C[n+]2cccc(/C=N\O)c2)cc1. The number of allylic oxidation sites excluding steroid dienone is 2. The summed E-state index contributed by atoms with van der Waals surface area (Å²) in [6.45, 7) is 1.50. The van der Waals surface area contributed by atoms with Gasteiger partial charge in [-0.1, -0.05) is 10.3 Å². The second-order valence-electron chi connectivity index (χ2n) is 4.62. The molecule has 2 rings (SSSR count). The Hall–Kier alpha value is -3.02. The van der Waals surface area contributed by atoms with Crippen LogP contribution in [0.2, 0.25) is 0 Å². The van der Waals surface area contributed by atoms with Gasteiger partial charge in [0.25, 0.3) is 0 Å². The average molecular weight is 298 g/mol. The molecule has 0 radical (unpaired) electrons. The van der Waals surface area contributed by atoms with Crippen molar-refractivity contribution < 1.29 is 19.5 Å². The van der Waals surface area contributed by atoms with Gasteiger partial charge in [-0.05, 0) is 18.2 Å². The molecule has 0 aliphatic rings. The highest BCUT2D eigenvalue weighted by atomic mass is 16.4. The van der Waals surface area contributed by atoms with Gasteiger partial charge in [-0.2, -0.15) is 0 Å². The lowest BCUT2D eigenvalue weighted by molar-refractivity contribution is -0.691. The molecule has 0 bridgehead atoms. The van der Waals surface area contributed by atoms with Gasteiger partial charge < -0.3 is 10.4 Å². The molecule has 6 heteroatoms. The van der Waals surface area contributed by atoms with E-state index in [4.69, 9.17) is 10.4 Å². The molecule has 0 saturated heterocycles. The molecule has 0 aromatic carbocycles. The van der Waals surface area contributed by atoms with Gasteiger partial charge in [-0.3, -0.25) is 0 Å². The molecule has 22 heavy (non-hydrogen) atoms. The minimum absolute atomic E-state index is 0.739. The summed E-state index contributed by atoms with van der Waals surface area (Å²) in [5.41, 5.74) is 1.69. The predicted molar refractivity (Wildman–Crippen MR) is 81.2 cm³/mol. The predicted octanol–water partition coefficient (Wildman–Crippen LogP) is 1.13. The van der Waals surface area contributed by atoms with E-state index in [1.807, 2.05) is 58.2 Å². The Morgan fingerprint density at radius 2 is 1.45 bits per heavy atom. The van der Waals surface area contributed by atoms with Crippen LogP contribution in [-0.4, -0.2) is 22.8 Å². The summed E-state index contributed by atoms with van der Waals surface area (Å²) >= 11 is 0. The first kappa shape index (κ1) is 15.4. The van der Waals surface area contributed by atoms with E-state index in [1.165, 1.54) is 12.4 Å². The number of aromatic nitrogens is 2. The van der Waals surface area contributed by atoms with Crippen molar-refractivity contribution in [1.29, 1.82) is 0 Å². The Morgan fingerprint density at radius 1 is 0.818 bits per heavy atom. The molecule has 0 fully saturated rings. The molecule has 2 N–H and O–H groups in total. The Morgan fingerprint density at radius 3 is 2.14 bits per heavy atom. The topological polar surface area (TPSA) is 72.9 Å². The lowest BCUT2D eigenvalue weighted by Gasteiger charge is -1.94. The monoisotopic (exact) mass is 298 g/mol. The van der Waals surface area contributed by atoms with E-state index < -0.39 is 0 Å². The van der Waals surface area contributed by atoms with E-state index in [0.29, 0.717) is 0 Å². The lowest BCUT2D eigenvalue weighted by atomic mass is 10.3. The molecule has 2 heterocycles. The summed E-state index contributed by atoms with van der Waals surface area (Å²) < 4.78 is 4.02. The molecule has 0 aliphatic carbocycles. The fourth-order valence-corrected chi connectivity index (χ4v) is 1.93. The molecule has 0 amide bonds. The number of pyridine rings is 2. The zero-order valence-electron chi connectivity index (χ0n) is 12.0. The van der Waals surface area contributed by atoms with Crippen LogP contribution in [0.25, 0.3) is 0 Å². The van der Waals surface area contributed by atoms with Crippen molar-refractivity contribution in [2.45, 2.75) is 13.1 Å². The maximum atomic E-state index is 8.53. The first-order chi connectivity index (χ1) is 10.8. The zero-order chi connectivity index (χ0) is 15.6. The fraction of sp³-hybridized carbons (Fsp3) is 0.125. The first-order valence-corrected chi connectivity index (χ1v) is 6.80. The van der Waals surface area contributed by atoms with Crippen LogP contribution in [0, 0.1) is 0 Å². The normalized spacial score (nSPS) is 11.8. The van der Waals surface area contributed by atoms with Crippen molar-refractivity contribution in [3.8, 4) is 0 Å². The largest absolute Gasteiger partial charge is 0.411 e. The molecule has 0 atom stereocenters. The third-order valence-electron chi connectivity index (χ3n) is 3.01. The minimum Gasteiger partial charge on any atom is -0.411 e. The van der Waals surface area contributed by atoms with Crippen LogP contribution >= 0.6 is 0 Å². The summed E-state index contributed by atoms with van der Waals surface area (Å²) in [7, 11) is 0. The standard InChI is InChI=1S/C16H16N4O2/c21-17-12-15-5-10-19(11-6-15)7-1-2-8-20-9-3-4-16(14-20)13-18-22/h1-6,9-14H,7-8H2/p+2/b2-1+,18-13-. The maximum absolute atomic E-state index is 8.53. The molecule has 0 aliphatic heterocycles. The zero-order valence-corrected chi connectivity index (χ0v) is 12.0. The molecule has 6 nitrogen and oxygen atoms in total. The molecule has 0 saturated carbocycles. The van der Waals surface area contributed by atoms with Crippen molar-refractivity contribution in [2.24, 2.45) is 10.3 Å². The molecule has 0 spiro atoms. The Bertz CT molecular complexity index is 679. The molecule has 2 aromatic heterocycles. The minimum atomic E-state index is 0.739. The maximum Gasteiger partial charge on any atom is 0.178 e. The van der Waals surface area contributed by atoms with E-state index in [9.17, 15) is 0 Å². The molecular formula is C16H18N4O2+2. The van der Waals surface area contributed by atoms with Gasteiger partial charge in [0, 0.05) is 23.8 Å². The van der Waals surface area contributed by atoms with Crippen LogP contribution in [0.15, 0.2) is 71.5 Å². The van der Waals surface area contributed by atoms with Gasteiger partial charge in [0.05, 0.1) is 18.0 Å². The molecule has 2 aromatic rings. The molecule has 112 valence electrons. The number of rotatable bonds is 6. The van der Waals surface area contributed by atoms with Gasteiger partial charge in [0.1, 0.15) is 0 Å². The van der Waals surface area contributed by atoms with Gasteiger partial charge >= 0.3 is 0 Å². The third-order valence-corrected chi connectivity index (χ3v) is 3.01. The summed E-state index contributed by atoms with van der Waals surface area (Å²) in [6, 6.07) is 7.52.